The summed E-state index contributed by atoms with van der Waals surface area (Å²) in [5, 5.41) is 5.85. The molecule has 2 rings (SSSR count). The number of aryl methyl sites for hydroxylation is 1. The number of nitrogens with two attached hydrogens (primary N) is 1. The molecule has 5 heteroatoms. The van der Waals surface area contributed by atoms with Crippen molar-refractivity contribution in [2.45, 2.75) is 6.92 Å². The molecule has 1 aromatic heterocycles. The van der Waals surface area contributed by atoms with Crippen molar-refractivity contribution in [3.8, 4) is 11.1 Å². The summed E-state index contributed by atoms with van der Waals surface area (Å²) in [6.07, 6.45) is 1.72. The van der Waals surface area contributed by atoms with Gasteiger partial charge in [0.15, 0.2) is 0 Å². The maximum atomic E-state index is 12.0. The molecule has 0 spiro atoms. The second-order valence-corrected chi connectivity index (χ2v) is 4.87. The highest BCUT2D eigenvalue weighted by atomic mass is 16.1. The maximum absolute atomic E-state index is 12.0. The second kappa shape index (κ2) is 6.85. The topological polar surface area (TPSA) is 80.0 Å². The first-order valence-corrected chi connectivity index (χ1v) is 6.87. The van der Waals surface area contributed by atoms with Gasteiger partial charge in [0, 0.05) is 30.4 Å². The molecule has 1 aromatic carbocycles. The van der Waals surface area contributed by atoms with Crippen molar-refractivity contribution in [1.29, 1.82) is 0 Å². The van der Waals surface area contributed by atoms with Gasteiger partial charge in [-0.25, -0.2) is 4.98 Å². The number of pyridine rings is 1. The number of benzene rings is 1. The fourth-order valence-corrected chi connectivity index (χ4v) is 1.99. The van der Waals surface area contributed by atoms with Crippen molar-refractivity contribution in [3.63, 3.8) is 0 Å². The summed E-state index contributed by atoms with van der Waals surface area (Å²) in [6, 6.07) is 9.46. The number of nitrogen functional groups attached to an aromatic ring is 1. The van der Waals surface area contributed by atoms with Crippen molar-refractivity contribution in [2.75, 3.05) is 25.9 Å². The zero-order valence-electron chi connectivity index (χ0n) is 12.3. The number of hydrogen-bond acceptors (Lipinski definition) is 4. The van der Waals surface area contributed by atoms with Crippen LogP contribution in [-0.4, -0.2) is 31.0 Å². The molecule has 0 saturated carbocycles. The largest absolute Gasteiger partial charge is 0.383 e. The summed E-state index contributed by atoms with van der Waals surface area (Å²) in [7, 11) is 1.85. The lowest BCUT2D eigenvalue weighted by molar-refractivity contribution is 0.0954. The van der Waals surface area contributed by atoms with Crippen LogP contribution in [0.25, 0.3) is 11.1 Å². The van der Waals surface area contributed by atoms with E-state index in [2.05, 4.69) is 15.6 Å². The van der Waals surface area contributed by atoms with Gasteiger partial charge in [0.05, 0.1) is 0 Å². The van der Waals surface area contributed by atoms with Crippen LogP contribution < -0.4 is 16.4 Å². The number of carbonyl (C=O) groups is 1. The van der Waals surface area contributed by atoms with Crippen LogP contribution in [0.5, 0.6) is 0 Å². The number of aromatic nitrogens is 1. The van der Waals surface area contributed by atoms with Crippen LogP contribution in [0, 0.1) is 6.92 Å². The molecular weight excluding hydrogens is 264 g/mol. The summed E-state index contributed by atoms with van der Waals surface area (Å²) in [4.78, 5) is 16.2. The fraction of sp³-hybridized carbons (Fsp3) is 0.250. The lowest BCUT2D eigenvalue weighted by Crippen LogP contribution is -2.30. The standard InChI is InChI=1S/C16H20N4O/c1-11-8-14(10-20-15(11)17)12-4-3-5-13(9-12)16(21)19-7-6-18-2/h3-5,8-10,18H,6-7H2,1-2H3,(H2,17,20)(H,19,21). The van der Waals surface area contributed by atoms with E-state index in [-0.39, 0.29) is 5.91 Å². The third-order valence-corrected chi connectivity index (χ3v) is 3.24. The van der Waals surface area contributed by atoms with E-state index >= 15 is 0 Å². The third kappa shape index (κ3) is 3.79. The number of nitrogens with zero attached hydrogens (tertiary/aromatic N) is 1. The van der Waals surface area contributed by atoms with Crippen molar-refractivity contribution >= 4 is 11.7 Å². The normalized spacial score (nSPS) is 10.4. The van der Waals surface area contributed by atoms with Gasteiger partial charge < -0.3 is 16.4 Å². The maximum Gasteiger partial charge on any atom is 0.251 e. The Balaban J connectivity index is 2.20. The van der Waals surface area contributed by atoms with E-state index in [4.69, 9.17) is 5.73 Å². The van der Waals surface area contributed by atoms with E-state index in [1.165, 1.54) is 0 Å². The summed E-state index contributed by atoms with van der Waals surface area (Å²) < 4.78 is 0. The Morgan fingerprint density at radius 2 is 2.05 bits per heavy atom. The summed E-state index contributed by atoms with van der Waals surface area (Å²) >= 11 is 0. The Labute approximate surface area is 124 Å². The van der Waals surface area contributed by atoms with E-state index in [0.717, 1.165) is 23.2 Å². The molecule has 0 aliphatic heterocycles. The Kier molecular flexibility index (Phi) is 4.90. The SMILES string of the molecule is CNCCNC(=O)c1cccc(-c2cnc(N)c(C)c2)c1. The molecule has 5 nitrogen and oxygen atoms in total. The van der Waals surface area contributed by atoms with Crippen LogP contribution >= 0.6 is 0 Å². The molecule has 1 heterocycles. The molecule has 0 aliphatic carbocycles. The summed E-state index contributed by atoms with van der Waals surface area (Å²) in [5.41, 5.74) is 9.20. The van der Waals surface area contributed by atoms with Gasteiger partial charge >= 0.3 is 0 Å². The van der Waals surface area contributed by atoms with Crippen LogP contribution in [0.3, 0.4) is 0 Å². The smallest absolute Gasteiger partial charge is 0.251 e. The summed E-state index contributed by atoms with van der Waals surface area (Å²) in [5.74, 6) is 0.451. The lowest BCUT2D eigenvalue weighted by atomic mass is 10.0. The van der Waals surface area contributed by atoms with Gasteiger partial charge in [-0.3, -0.25) is 4.79 Å². The van der Waals surface area contributed by atoms with Crippen LogP contribution in [-0.2, 0) is 0 Å². The number of amides is 1. The molecule has 2 aromatic rings. The van der Waals surface area contributed by atoms with E-state index in [9.17, 15) is 4.79 Å². The van der Waals surface area contributed by atoms with Crippen LogP contribution in [0.2, 0.25) is 0 Å². The van der Waals surface area contributed by atoms with E-state index in [0.29, 0.717) is 17.9 Å². The molecule has 0 atom stereocenters. The average Bonchev–Trinajstić information content (AvgIpc) is 2.50. The zero-order valence-corrected chi connectivity index (χ0v) is 12.3. The Morgan fingerprint density at radius 1 is 1.24 bits per heavy atom. The lowest BCUT2D eigenvalue weighted by Gasteiger charge is -2.08. The molecule has 0 saturated heterocycles. The van der Waals surface area contributed by atoms with Crippen molar-refractivity contribution in [2.24, 2.45) is 0 Å². The van der Waals surface area contributed by atoms with E-state index in [1.807, 2.05) is 38.2 Å². The number of rotatable bonds is 5. The number of anilines is 1. The van der Waals surface area contributed by atoms with Crippen molar-refractivity contribution in [3.05, 3.63) is 47.7 Å². The van der Waals surface area contributed by atoms with Crippen LogP contribution in [0.1, 0.15) is 15.9 Å². The van der Waals surface area contributed by atoms with Gasteiger partial charge in [-0.05, 0) is 43.3 Å². The third-order valence-electron chi connectivity index (χ3n) is 3.24. The Bertz CT molecular complexity index is 640. The second-order valence-electron chi connectivity index (χ2n) is 4.87. The monoisotopic (exact) mass is 284 g/mol. The minimum absolute atomic E-state index is 0.0766. The molecule has 0 aliphatic rings. The molecule has 0 unspecified atom stereocenters. The van der Waals surface area contributed by atoms with Crippen LogP contribution in [0.4, 0.5) is 5.82 Å². The van der Waals surface area contributed by atoms with E-state index < -0.39 is 0 Å². The number of nitrogens with one attached hydrogen (secondary N) is 2. The molecular formula is C16H20N4O. The molecule has 0 fully saturated rings. The quantitative estimate of drug-likeness (QED) is 0.728. The van der Waals surface area contributed by atoms with Gasteiger partial charge in [-0.2, -0.15) is 0 Å². The molecule has 4 N–H and O–H groups in total. The average molecular weight is 284 g/mol. The molecule has 1 amide bonds. The van der Waals surface area contributed by atoms with Gasteiger partial charge in [0.1, 0.15) is 5.82 Å². The minimum Gasteiger partial charge on any atom is -0.383 e. The predicted octanol–water partition coefficient (Wildman–Crippen LogP) is 1.59. The van der Waals surface area contributed by atoms with Crippen LogP contribution in [0.15, 0.2) is 36.5 Å². The van der Waals surface area contributed by atoms with Gasteiger partial charge in [0.25, 0.3) is 5.91 Å². The molecule has 110 valence electrons. The first kappa shape index (κ1) is 15.0. The summed E-state index contributed by atoms with van der Waals surface area (Å²) in [6.45, 7) is 3.26. The van der Waals surface area contributed by atoms with Gasteiger partial charge in [-0.1, -0.05) is 12.1 Å². The Hall–Kier alpha value is -2.40. The molecule has 21 heavy (non-hydrogen) atoms. The fourth-order valence-electron chi connectivity index (χ4n) is 1.99. The van der Waals surface area contributed by atoms with Gasteiger partial charge in [-0.15, -0.1) is 0 Å². The van der Waals surface area contributed by atoms with Crippen molar-refractivity contribution in [1.82, 2.24) is 15.6 Å². The first-order chi connectivity index (χ1) is 10.1. The highest BCUT2D eigenvalue weighted by molar-refractivity contribution is 5.95. The highest BCUT2D eigenvalue weighted by Crippen LogP contribution is 2.22. The number of hydrogen-bond donors (Lipinski definition) is 3. The zero-order chi connectivity index (χ0) is 15.2. The van der Waals surface area contributed by atoms with Crippen molar-refractivity contribution < 1.29 is 4.79 Å². The molecule has 0 radical (unpaired) electrons. The van der Waals surface area contributed by atoms with Gasteiger partial charge in [0.2, 0.25) is 0 Å². The molecule has 0 bridgehead atoms. The first-order valence-electron chi connectivity index (χ1n) is 6.87. The number of likely N-dealkylation sites (N-methyl/N-ethyl adjacent to an activating group) is 1. The Morgan fingerprint density at radius 3 is 2.76 bits per heavy atom. The highest BCUT2D eigenvalue weighted by Gasteiger charge is 2.07. The van der Waals surface area contributed by atoms with E-state index in [1.54, 1.807) is 12.3 Å². The number of carbonyl (C=O) groups excluding carboxylic acids is 1. The predicted molar refractivity (Wildman–Crippen MR) is 85.1 cm³/mol. The minimum atomic E-state index is -0.0766.